The third-order valence-corrected chi connectivity index (χ3v) is 1.29. The van der Waals surface area contributed by atoms with Crippen molar-refractivity contribution in [2.75, 3.05) is 6.61 Å². The number of alkyl halides is 2. The number of aliphatic hydroxyl groups excluding tert-OH is 1. The monoisotopic (exact) mass is 204 g/mol. The first kappa shape index (κ1) is 14.1. The van der Waals surface area contributed by atoms with E-state index in [-0.39, 0.29) is 12.4 Å². The van der Waals surface area contributed by atoms with Gasteiger partial charge in [-0.05, 0) is 0 Å². The second-order valence-corrected chi connectivity index (χ2v) is 2.27. The number of carbonyl (C=O) groups excluding carboxylic acids is 1. The van der Waals surface area contributed by atoms with Crippen molar-refractivity contribution in [2.45, 2.75) is 18.4 Å². The van der Waals surface area contributed by atoms with Crippen molar-refractivity contribution < 1.29 is 18.7 Å². The first-order valence-electron chi connectivity index (χ1n) is 2.90. The maximum Gasteiger partial charge on any atom is 0.241 e. The van der Waals surface area contributed by atoms with E-state index in [2.05, 4.69) is 5.73 Å². The normalized spacial score (nSPS) is 15.1. The summed E-state index contributed by atoms with van der Waals surface area (Å²) in [7, 11) is 0. The molecule has 0 bridgehead atoms. The van der Waals surface area contributed by atoms with Crippen LogP contribution < -0.4 is 11.5 Å². The van der Waals surface area contributed by atoms with Crippen LogP contribution in [0.25, 0.3) is 0 Å². The van der Waals surface area contributed by atoms with Crippen LogP contribution in [0.15, 0.2) is 0 Å². The van der Waals surface area contributed by atoms with Crippen molar-refractivity contribution in [3.05, 3.63) is 0 Å². The van der Waals surface area contributed by atoms with E-state index in [9.17, 15) is 13.6 Å². The number of hydrogen-bond acceptors (Lipinski definition) is 3. The lowest BCUT2D eigenvalue weighted by Gasteiger charge is -2.22. The molecule has 7 heteroatoms. The van der Waals surface area contributed by atoms with Gasteiger partial charge in [-0.2, -0.15) is 0 Å². The van der Waals surface area contributed by atoms with E-state index in [1.807, 2.05) is 0 Å². The van der Waals surface area contributed by atoms with Gasteiger partial charge >= 0.3 is 0 Å². The number of aliphatic hydroxyl groups is 1. The maximum absolute atomic E-state index is 11.7. The fraction of sp³-hybridized carbons (Fsp3) is 0.800. The van der Waals surface area contributed by atoms with E-state index < -0.39 is 30.9 Å². The van der Waals surface area contributed by atoms with E-state index in [0.29, 0.717) is 0 Å². The number of amides is 1. The van der Waals surface area contributed by atoms with E-state index in [0.717, 1.165) is 0 Å². The van der Waals surface area contributed by atoms with Gasteiger partial charge in [0.15, 0.2) is 0 Å². The first-order chi connectivity index (χ1) is 4.92. The zero-order valence-corrected chi connectivity index (χ0v) is 6.98. The Kier molecular flexibility index (Phi) is 6.14. The maximum atomic E-state index is 11.7. The third-order valence-electron chi connectivity index (χ3n) is 1.29. The van der Waals surface area contributed by atoms with Crippen molar-refractivity contribution in [1.82, 2.24) is 0 Å². The quantitative estimate of drug-likeness (QED) is 0.562. The SMILES string of the molecule is Cl.NC(=O)C(N)(CO)CC(F)F. The lowest BCUT2D eigenvalue weighted by Crippen LogP contribution is -2.56. The van der Waals surface area contributed by atoms with Gasteiger partial charge in [0.2, 0.25) is 12.3 Å². The zero-order chi connectivity index (χ0) is 9.07. The number of rotatable bonds is 4. The summed E-state index contributed by atoms with van der Waals surface area (Å²) in [6.07, 6.45) is -3.67. The number of primary amides is 1. The largest absolute Gasteiger partial charge is 0.394 e. The minimum atomic E-state index is -2.75. The molecule has 4 nitrogen and oxygen atoms in total. The van der Waals surface area contributed by atoms with Crippen LogP contribution in [0.1, 0.15) is 6.42 Å². The van der Waals surface area contributed by atoms with Crippen molar-refractivity contribution >= 4 is 18.3 Å². The smallest absolute Gasteiger partial charge is 0.241 e. The molecule has 74 valence electrons. The molecule has 0 aromatic carbocycles. The molecule has 0 aromatic rings. The molecule has 0 aliphatic rings. The molecule has 1 unspecified atom stereocenters. The predicted octanol–water partition coefficient (Wildman–Crippen LogP) is -0.762. The van der Waals surface area contributed by atoms with Gasteiger partial charge in [0.1, 0.15) is 5.54 Å². The van der Waals surface area contributed by atoms with Crippen LogP contribution >= 0.6 is 12.4 Å². The van der Waals surface area contributed by atoms with Gasteiger partial charge in [0, 0.05) is 6.42 Å². The summed E-state index contributed by atoms with van der Waals surface area (Å²) < 4.78 is 23.4. The molecule has 1 amide bonds. The van der Waals surface area contributed by atoms with Gasteiger partial charge in [-0.1, -0.05) is 0 Å². The van der Waals surface area contributed by atoms with E-state index >= 15 is 0 Å². The summed E-state index contributed by atoms with van der Waals surface area (Å²) in [5, 5.41) is 8.45. The number of hydrogen-bond donors (Lipinski definition) is 3. The van der Waals surface area contributed by atoms with Crippen LogP contribution in [0.3, 0.4) is 0 Å². The van der Waals surface area contributed by atoms with Crippen LogP contribution in [0.4, 0.5) is 8.78 Å². The summed E-state index contributed by atoms with van der Waals surface area (Å²) in [6.45, 7) is -0.868. The van der Waals surface area contributed by atoms with Gasteiger partial charge in [-0.3, -0.25) is 4.79 Å². The van der Waals surface area contributed by atoms with Crippen LogP contribution in [0.2, 0.25) is 0 Å². The first-order valence-corrected chi connectivity index (χ1v) is 2.90. The van der Waals surface area contributed by atoms with Crippen molar-refractivity contribution in [2.24, 2.45) is 11.5 Å². The van der Waals surface area contributed by atoms with Crippen molar-refractivity contribution in [3.8, 4) is 0 Å². The van der Waals surface area contributed by atoms with Crippen LogP contribution in [-0.4, -0.2) is 29.6 Å². The molecule has 0 radical (unpaired) electrons. The van der Waals surface area contributed by atoms with Crippen molar-refractivity contribution in [1.29, 1.82) is 0 Å². The number of nitrogens with two attached hydrogens (primary N) is 2. The summed E-state index contributed by atoms with van der Waals surface area (Å²) in [4.78, 5) is 10.4. The zero-order valence-electron chi connectivity index (χ0n) is 6.17. The lowest BCUT2D eigenvalue weighted by molar-refractivity contribution is -0.126. The fourth-order valence-electron chi connectivity index (χ4n) is 0.518. The molecule has 0 fully saturated rings. The molecule has 0 aliphatic carbocycles. The van der Waals surface area contributed by atoms with Crippen LogP contribution in [0.5, 0.6) is 0 Å². The fourth-order valence-corrected chi connectivity index (χ4v) is 0.518. The highest BCUT2D eigenvalue weighted by Gasteiger charge is 2.34. The molecule has 0 rings (SSSR count). The van der Waals surface area contributed by atoms with Crippen LogP contribution in [-0.2, 0) is 4.79 Å². The number of halogens is 3. The molecule has 5 N–H and O–H groups in total. The van der Waals surface area contributed by atoms with Crippen LogP contribution in [0, 0.1) is 0 Å². The van der Waals surface area contributed by atoms with E-state index in [1.54, 1.807) is 0 Å². The molecule has 12 heavy (non-hydrogen) atoms. The van der Waals surface area contributed by atoms with Crippen molar-refractivity contribution in [3.63, 3.8) is 0 Å². The van der Waals surface area contributed by atoms with E-state index in [4.69, 9.17) is 10.8 Å². The standard InChI is InChI=1S/C5H10F2N2O2.ClH/c6-3(7)1-5(9,2-10)4(8)11;/h3,10H,1-2,9H2,(H2,8,11);1H. The summed E-state index contributed by atoms with van der Waals surface area (Å²) in [6, 6.07) is 0. The summed E-state index contributed by atoms with van der Waals surface area (Å²) in [5.41, 5.74) is 7.72. The molecule has 0 aromatic heterocycles. The summed E-state index contributed by atoms with van der Waals surface area (Å²) >= 11 is 0. The average molecular weight is 205 g/mol. The minimum Gasteiger partial charge on any atom is -0.394 e. The second-order valence-electron chi connectivity index (χ2n) is 2.27. The van der Waals surface area contributed by atoms with Gasteiger partial charge in [0.05, 0.1) is 6.61 Å². The van der Waals surface area contributed by atoms with Gasteiger partial charge in [-0.25, -0.2) is 8.78 Å². The molecular weight excluding hydrogens is 194 g/mol. The van der Waals surface area contributed by atoms with Gasteiger partial charge < -0.3 is 16.6 Å². The van der Waals surface area contributed by atoms with Gasteiger partial charge in [0.25, 0.3) is 0 Å². The lowest BCUT2D eigenvalue weighted by atomic mass is 9.97. The molecule has 0 heterocycles. The predicted molar refractivity (Wildman–Crippen MR) is 41.1 cm³/mol. The molecule has 1 atom stereocenters. The molecule has 0 saturated carbocycles. The Balaban J connectivity index is 0. The highest BCUT2D eigenvalue weighted by atomic mass is 35.5. The Bertz CT molecular complexity index is 158. The third kappa shape index (κ3) is 3.80. The summed E-state index contributed by atoms with van der Waals surface area (Å²) in [5.74, 6) is -1.12. The average Bonchev–Trinajstić information content (AvgIpc) is 1.86. The van der Waals surface area contributed by atoms with E-state index in [1.165, 1.54) is 0 Å². The Hall–Kier alpha value is -0.460. The Morgan fingerprint density at radius 1 is 1.58 bits per heavy atom. The molecule has 0 aliphatic heterocycles. The Morgan fingerprint density at radius 3 is 2.08 bits per heavy atom. The van der Waals surface area contributed by atoms with Gasteiger partial charge in [-0.15, -0.1) is 12.4 Å². The Labute approximate surface area is 74.3 Å². The number of carbonyl (C=O) groups is 1. The molecule has 0 saturated heterocycles. The minimum absolute atomic E-state index is 0. The Morgan fingerprint density at radius 2 is 2.00 bits per heavy atom. The molecular formula is C5H11ClF2N2O2. The topological polar surface area (TPSA) is 89.3 Å². The second kappa shape index (κ2) is 5.23. The molecule has 0 spiro atoms. The highest BCUT2D eigenvalue weighted by molar-refractivity contribution is 5.85. The highest BCUT2D eigenvalue weighted by Crippen LogP contribution is 2.11.